The number of benzene rings is 3. The van der Waals surface area contributed by atoms with Crippen molar-refractivity contribution >= 4 is 11.8 Å². The predicted octanol–water partition coefficient (Wildman–Crippen LogP) is 4.30. The second kappa shape index (κ2) is 10.4. The van der Waals surface area contributed by atoms with Gasteiger partial charge in [-0.05, 0) is 60.5 Å². The number of methoxy groups -OCH3 is 2. The van der Waals surface area contributed by atoms with E-state index in [0.717, 1.165) is 22.4 Å². The fraction of sp³-hybridized carbons (Fsp3) is 0.233. The van der Waals surface area contributed by atoms with E-state index in [9.17, 15) is 9.59 Å². The van der Waals surface area contributed by atoms with Gasteiger partial charge >= 0.3 is 0 Å². The zero-order valence-corrected chi connectivity index (χ0v) is 21.7. The molecule has 5 rings (SSSR count). The van der Waals surface area contributed by atoms with Crippen molar-refractivity contribution in [1.29, 1.82) is 0 Å². The summed E-state index contributed by atoms with van der Waals surface area (Å²) >= 11 is 0. The van der Waals surface area contributed by atoms with Crippen LogP contribution in [0.1, 0.15) is 28.5 Å². The Labute approximate surface area is 221 Å². The van der Waals surface area contributed by atoms with Crippen LogP contribution >= 0.6 is 0 Å². The minimum Gasteiger partial charge on any atom is -0.497 e. The molecule has 2 amide bonds. The first-order chi connectivity index (χ1) is 18.4. The zero-order chi connectivity index (χ0) is 26.7. The molecule has 1 aliphatic rings. The minimum atomic E-state index is -1.18. The van der Waals surface area contributed by atoms with E-state index in [-0.39, 0.29) is 24.9 Å². The van der Waals surface area contributed by atoms with Crippen LogP contribution in [-0.4, -0.2) is 46.3 Å². The van der Waals surface area contributed by atoms with Crippen LogP contribution < -0.4 is 14.8 Å². The maximum atomic E-state index is 13.9. The Kier molecular flexibility index (Phi) is 6.87. The number of aromatic nitrogens is 2. The van der Waals surface area contributed by atoms with Gasteiger partial charge < -0.3 is 19.7 Å². The van der Waals surface area contributed by atoms with Crippen molar-refractivity contribution in [2.45, 2.75) is 32.1 Å². The maximum absolute atomic E-state index is 13.9. The number of hydrogen-bond donors (Lipinski definition) is 1. The van der Waals surface area contributed by atoms with E-state index in [1.165, 1.54) is 0 Å². The molecule has 1 atom stereocenters. The lowest BCUT2D eigenvalue weighted by Gasteiger charge is -2.43. The molecule has 0 spiro atoms. The van der Waals surface area contributed by atoms with Crippen LogP contribution in [0.15, 0.2) is 84.9 Å². The number of carbonyl (C=O) groups excluding carboxylic acids is 2. The summed E-state index contributed by atoms with van der Waals surface area (Å²) in [6.45, 7) is 2.62. The Morgan fingerprint density at radius 2 is 1.63 bits per heavy atom. The van der Waals surface area contributed by atoms with E-state index >= 15 is 0 Å². The van der Waals surface area contributed by atoms with E-state index in [2.05, 4.69) is 5.32 Å². The maximum Gasteiger partial charge on any atom is 0.273 e. The molecule has 38 heavy (non-hydrogen) atoms. The number of fused-ring (bicyclic) bond motifs is 1. The Morgan fingerprint density at radius 1 is 0.921 bits per heavy atom. The first kappa shape index (κ1) is 25.1. The first-order valence-electron chi connectivity index (χ1n) is 12.4. The molecular weight excluding hydrogens is 480 g/mol. The van der Waals surface area contributed by atoms with Gasteiger partial charge in [0.2, 0.25) is 5.91 Å². The van der Waals surface area contributed by atoms with Crippen molar-refractivity contribution in [1.82, 2.24) is 20.0 Å². The van der Waals surface area contributed by atoms with E-state index in [1.54, 1.807) is 36.8 Å². The van der Waals surface area contributed by atoms with Crippen molar-refractivity contribution in [3.63, 3.8) is 0 Å². The van der Waals surface area contributed by atoms with Crippen LogP contribution in [-0.2, 0) is 24.4 Å². The highest BCUT2D eigenvalue weighted by molar-refractivity contribution is 6.00. The third kappa shape index (κ3) is 4.85. The highest BCUT2D eigenvalue weighted by Gasteiger charge is 2.48. The topological polar surface area (TPSA) is 85.7 Å². The van der Waals surface area contributed by atoms with Gasteiger partial charge in [0.15, 0.2) is 0 Å². The zero-order valence-electron chi connectivity index (χ0n) is 21.7. The van der Waals surface area contributed by atoms with E-state index in [4.69, 9.17) is 14.6 Å². The van der Waals surface area contributed by atoms with E-state index in [1.807, 2.05) is 78.9 Å². The minimum absolute atomic E-state index is 0.217. The number of rotatable bonds is 8. The van der Waals surface area contributed by atoms with Gasteiger partial charge in [-0.15, -0.1) is 0 Å². The fourth-order valence-corrected chi connectivity index (χ4v) is 4.71. The van der Waals surface area contributed by atoms with Gasteiger partial charge in [-0.1, -0.05) is 42.5 Å². The molecular formula is C30H30N4O4. The summed E-state index contributed by atoms with van der Waals surface area (Å²) < 4.78 is 12.3. The van der Waals surface area contributed by atoms with Gasteiger partial charge in [0.05, 0.1) is 26.5 Å². The normalized spacial score (nSPS) is 16.6. The van der Waals surface area contributed by atoms with Crippen LogP contribution in [0.4, 0.5) is 0 Å². The number of nitrogens with one attached hydrogen (secondary N) is 1. The van der Waals surface area contributed by atoms with Gasteiger partial charge in [0.25, 0.3) is 5.91 Å². The molecule has 3 aromatic carbocycles. The first-order valence-corrected chi connectivity index (χ1v) is 12.4. The summed E-state index contributed by atoms with van der Waals surface area (Å²) in [6.07, 6.45) is 0. The van der Waals surface area contributed by atoms with Crippen LogP contribution in [0.3, 0.4) is 0 Å². The molecule has 8 heteroatoms. The van der Waals surface area contributed by atoms with Crippen LogP contribution in [0.2, 0.25) is 0 Å². The Balaban J connectivity index is 1.49. The lowest BCUT2D eigenvalue weighted by Crippen LogP contribution is -2.63. The summed E-state index contributed by atoms with van der Waals surface area (Å²) in [7, 11) is 3.22. The molecule has 0 aliphatic carbocycles. The average Bonchev–Trinajstić information content (AvgIpc) is 3.38. The van der Waals surface area contributed by atoms with E-state index < -0.39 is 5.54 Å². The molecule has 0 saturated heterocycles. The van der Waals surface area contributed by atoms with Gasteiger partial charge in [0, 0.05) is 18.7 Å². The molecule has 2 heterocycles. The van der Waals surface area contributed by atoms with Crippen molar-refractivity contribution in [2.24, 2.45) is 0 Å². The summed E-state index contributed by atoms with van der Waals surface area (Å²) in [5.74, 6) is 0.920. The molecule has 1 N–H and O–H groups in total. The molecule has 0 saturated carbocycles. The summed E-state index contributed by atoms with van der Waals surface area (Å²) in [5, 5.41) is 7.76. The molecule has 0 radical (unpaired) electrons. The lowest BCUT2D eigenvalue weighted by atomic mass is 9.94. The summed E-state index contributed by atoms with van der Waals surface area (Å²) in [4.78, 5) is 29.3. The molecule has 4 aromatic rings. The third-order valence-corrected chi connectivity index (χ3v) is 6.94. The number of nitrogens with zero attached hydrogens (tertiary/aromatic N) is 3. The van der Waals surface area contributed by atoms with Crippen molar-refractivity contribution in [3.8, 4) is 22.8 Å². The molecule has 0 bridgehead atoms. The monoisotopic (exact) mass is 510 g/mol. The van der Waals surface area contributed by atoms with Crippen LogP contribution in [0.5, 0.6) is 11.5 Å². The molecule has 0 unspecified atom stereocenters. The van der Waals surface area contributed by atoms with Crippen molar-refractivity contribution in [3.05, 3.63) is 102 Å². The SMILES string of the molecule is COc1ccc(-c2cc3n(n2)C[C@](C)(C(=O)NCc2ccccc2)N(Cc2cccc(OC)c2)C3=O)cc1. The lowest BCUT2D eigenvalue weighted by molar-refractivity contribution is -0.133. The highest BCUT2D eigenvalue weighted by atomic mass is 16.5. The number of amides is 2. The molecule has 1 aromatic heterocycles. The Hall–Kier alpha value is -4.59. The van der Waals surface area contributed by atoms with Crippen molar-refractivity contribution in [2.75, 3.05) is 14.2 Å². The highest BCUT2D eigenvalue weighted by Crippen LogP contribution is 2.32. The molecule has 0 fully saturated rings. The number of carbonyl (C=O) groups is 2. The Bertz CT molecular complexity index is 1450. The molecule has 194 valence electrons. The predicted molar refractivity (Wildman–Crippen MR) is 144 cm³/mol. The molecule has 8 nitrogen and oxygen atoms in total. The second-order valence-electron chi connectivity index (χ2n) is 9.49. The summed E-state index contributed by atoms with van der Waals surface area (Å²) in [5.41, 5.74) is 2.62. The smallest absolute Gasteiger partial charge is 0.273 e. The second-order valence-corrected chi connectivity index (χ2v) is 9.49. The van der Waals surface area contributed by atoms with Crippen LogP contribution in [0.25, 0.3) is 11.3 Å². The summed E-state index contributed by atoms with van der Waals surface area (Å²) in [6, 6.07) is 26.5. The van der Waals surface area contributed by atoms with E-state index in [0.29, 0.717) is 23.7 Å². The van der Waals surface area contributed by atoms with Gasteiger partial charge in [0.1, 0.15) is 22.7 Å². The fourth-order valence-electron chi connectivity index (χ4n) is 4.71. The van der Waals surface area contributed by atoms with Crippen molar-refractivity contribution < 1.29 is 19.1 Å². The quantitative estimate of drug-likeness (QED) is 0.382. The molecule has 1 aliphatic heterocycles. The van der Waals surface area contributed by atoms with Gasteiger partial charge in [-0.2, -0.15) is 5.10 Å². The average molecular weight is 511 g/mol. The third-order valence-electron chi connectivity index (χ3n) is 6.94. The standard InChI is InChI=1S/C30H30N4O4/c1-30(29(36)31-18-21-8-5-4-6-9-21)20-34-27(17-26(32-34)23-12-14-24(37-2)15-13-23)28(35)33(30)19-22-10-7-11-25(16-22)38-3/h4-17H,18-20H2,1-3H3,(H,31,36)/t30-/m1/s1. The van der Waals surface area contributed by atoms with Crippen LogP contribution in [0, 0.1) is 0 Å². The number of hydrogen-bond acceptors (Lipinski definition) is 5. The largest absolute Gasteiger partial charge is 0.497 e. The Morgan fingerprint density at radius 3 is 2.34 bits per heavy atom. The van der Waals surface area contributed by atoms with Gasteiger partial charge in [-0.3, -0.25) is 14.3 Å². The van der Waals surface area contributed by atoms with Gasteiger partial charge in [-0.25, -0.2) is 0 Å². The number of ether oxygens (including phenoxy) is 2.